The maximum absolute atomic E-state index is 13.5. The van der Waals surface area contributed by atoms with Gasteiger partial charge in [-0.05, 0) is 68.1 Å². The summed E-state index contributed by atoms with van der Waals surface area (Å²) in [5, 5.41) is 4.87. The molecule has 0 unspecified atom stereocenters. The van der Waals surface area contributed by atoms with Gasteiger partial charge in [0.05, 0.1) is 22.9 Å². The molecule has 2 heterocycles. The lowest BCUT2D eigenvalue weighted by Crippen LogP contribution is -2.49. The Bertz CT molecular complexity index is 1400. The number of aromatic nitrogens is 2. The summed E-state index contributed by atoms with van der Waals surface area (Å²) in [4.78, 5) is 15.5. The molecule has 0 bridgehead atoms. The van der Waals surface area contributed by atoms with Crippen molar-refractivity contribution in [2.45, 2.75) is 36.7 Å². The highest BCUT2D eigenvalue weighted by Gasteiger charge is 2.31. The van der Waals surface area contributed by atoms with Gasteiger partial charge in [0.1, 0.15) is 11.5 Å². The van der Waals surface area contributed by atoms with Crippen LogP contribution in [-0.4, -0.2) is 54.8 Å². The minimum Gasteiger partial charge on any atom is -0.483 e. The van der Waals surface area contributed by atoms with Gasteiger partial charge in [0, 0.05) is 31.2 Å². The molecule has 1 saturated carbocycles. The standard InChI is InChI=1S/C25H26ClFN4O4S/c26-18-4-3-5-20(16-18)31-25(32)24(35-21-6-1-2-7-21)23(17-28-31)29-12-14-30(15-13-29)36(33,34)22-10-8-19(27)9-11-22/h3-5,8-11,16-17,21H,1-2,6-7,12-15H2. The van der Waals surface area contributed by atoms with E-state index in [-0.39, 0.29) is 35.4 Å². The topological polar surface area (TPSA) is 84.7 Å². The van der Waals surface area contributed by atoms with Crippen LogP contribution in [0.4, 0.5) is 10.1 Å². The first kappa shape index (κ1) is 24.7. The number of nitrogens with zero attached hydrogens (tertiary/aromatic N) is 4. The molecule has 190 valence electrons. The number of piperazine rings is 1. The van der Waals surface area contributed by atoms with Crippen LogP contribution >= 0.6 is 11.6 Å². The van der Waals surface area contributed by atoms with E-state index in [1.54, 1.807) is 30.5 Å². The first-order chi connectivity index (χ1) is 17.3. The van der Waals surface area contributed by atoms with Gasteiger partial charge in [-0.3, -0.25) is 4.79 Å². The maximum Gasteiger partial charge on any atom is 0.316 e. The van der Waals surface area contributed by atoms with Crippen molar-refractivity contribution in [3.63, 3.8) is 0 Å². The van der Waals surface area contributed by atoms with Crippen LogP contribution in [0.2, 0.25) is 5.02 Å². The zero-order valence-corrected chi connectivity index (χ0v) is 21.1. The molecule has 3 aromatic rings. The first-order valence-electron chi connectivity index (χ1n) is 11.9. The Balaban J connectivity index is 1.42. The average molecular weight is 533 g/mol. The summed E-state index contributed by atoms with van der Waals surface area (Å²) in [6.07, 6.45) is 5.40. The Labute approximate surface area is 213 Å². The van der Waals surface area contributed by atoms with Crippen LogP contribution < -0.4 is 15.2 Å². The fourth-order valence-corrected chi connectivity index (χ4v) is 6.26. The normalized spacial score (nSPS) is 17.4. The van der Waals surface area contributed by atoms with E-state index in [9.17, 15) is 17.6 Å². The molecule has 5 rings (SSSR count). The van der Waals surface area contributed by atoms with Crippen molar-refractivity contribution in [3.8, 4) is 11.4 Å². The van der Waals surface area contributed by atoms with Crippen LogP contribution in [0.3, 0.4) is 0 Å². The van der Waals surface area contributed by atoms with Crippen LogP contribution in [0.1, 0.15) is 25.7 Å². The zero-order valence-electron chi connectivity index (χ0n) is 19.5. The third-order valence-corrected chi connectivity index (χ3v) is 8.73. The second kappa shape index (κ2) is 10.2. The number of halogens is 2. The van der Waals surface area contributed by atoms with E-state index >= 15 is 0 Å². The molecular weight excluding hydrogens is 507 g/mol. The summed E-state index contributed by atoms with van der Waals surface area (Å²) in [5.41, 5.74) is 0.692. The smallest absolute Gasteiger partial charge is 0.316 e. The lowest BCUT2D eigenvalue weighted by molar-refractivity contribution is 0.205. The molecule has 8 nitrogen and oxygen atoms in total. The Morgan fingerprint density at radius 1 is 1.00 bits per heavy atom. The van der Waals surface area contributed by atoms with Gasteiger partial charge in [-0.15, -0.1) is 0 Å². The summed E-state index contributed by atoms with van der Waals surface area (Å²) in [5.74, 6) is -0.278. The molecule has 0 radical (unpaired) electrons. The summed E-state index contributed by atoms with van der Waals surface area (Å²) < 4.78 is 48.2. The third kappa shape index (κ3) is 4.98. The predicted molar refractivity (Wildman–Crippen MR) is 135 cm³/mol. The van der Waals surface area contributed by atoms with E-state index in [4.69, 9.17) is 16.3 Å². The molecule has 36 heavy (non-hydrogen) atoms. The Kier molecular flexibility index (Phi) is 7.00. The molecule has 1 aliphatic heterocycles. The zero-order chi connectivity index (χ0) is 25.3. The molecule has 1 saturated heterocycles. The van der Waals surface area contributed by atoms with Gasteiger partial charge in [0.2, 0.25) is 15.8 Å². The maximum atomic E-state index is 13.5. The second-order valence-electron chi connectivity index (χ2n) is 8.93. The van der Waals surface area contributed by atoms with Crippen molar-refractivity contribution in [2.24, 2.45) is 0 Å². The largest absolute Gasteiger partial charge is 0.483 e. The molecule has 0 atom stereocenters. The minimum absolute atomic E-state index is 0.0493. The lowest BCUT2D eigenvalue weighted by Gasteiger charge is -2.36. The molecule has 0 amide bonds. The quantitative estimate of drug-likeness (QED) is 0.479. The van der Waals surface area contributed by atoms with Gasteiger partial charge in [-0.1, -0.05) is 17.7 Å². The second-order valence-corrected chi connectivity index (χ2v) is 11.3. The number of ether oxygens (including phenoxy) is 1. The van der Waals surface area contributed by atoms with E-state index < -0.39 is 15.8 Å². The molecule has 2 fully saturated rings. The first-order valence-corrected chi connectivity index (χ1v) is 13.7. The van der Waals surface area contributed by atoms with E-state index in [1.165, 1.54) is 21.1 Å². The van der Waals surface area contributed by atoms with Gasteiger partial charge in [0.25, 0.3) is 0 Å². The third-order valence-electron chi connectivity index (χ3n) is 6.58. The lowest BCUT2D eigenvalue weighted by atomic mass is 10.2. The van der Waals surface area contributed by atoms with Gasteiger partial charge in [0.15, 0.2) is 0 Å². The number of rotatable bonds is 6. The van der Waals surface area contributed by atoms with Crippen LogP contribution in [0.5, 0.6) is 5.75 Å². The van der Waals surface area contributed by atoms with Crippen molar-refractivity contribution in [1.82, 2.24) is 14.1 Å². The fourth-order valence-electron chi connectivity index (χ4n) is 4.65. The van der Waals surface area contributed by atoms with E-state index in [0.29, 0.717) is 29.5 Å². The number of sulfonamides is 1. The van der Waals surface area contributed by atoms with E-state index in [0.717, 1.165) is 37.8 Å². The van der Waals surface area contributed by atoms with Crippen LogP contribution in [0.25, 0.3) is 5.69 Å². The number of hydrogen-bond donors (Lipinski definition) is 0. The Hall–Kier alpha value is -2.95. The highest BCUT2D eigenvalue weighted by Crippen LogP contribution is 2.31. The molecule has 2 aliphatic rings. The minimum atomic E-state index is -3.75. The van der Waals surface area contributed by atoms with Crippen LogP contribution in [0, 0.1) is 5.82 Å². The number of benzene rings is 2. The summed E-state index contributed by atoms with van der Waals surface area (Å²) in [7, 11) is -3.75. The molecule has 1 aliphatic carbocycles. The number of anilines is 1. The molecule has 0 spiro atoms. The van der Waals surface area contributed by atoms with Crippen molar-refractivity contribution >= 4 is 27.3 Å². The van der Waals surface area contributed by atoms with Crippen molar-refractivity contribution in [3.05, 3.63) is 75.9 Å². The van der Waals surface area contributed by atoms with Gasteiger partial charge in [-0.25, -0.2) is 12.8 Å². The summed E-state index contributed by atoms with van der Waals surface area (Å²) in [6, 6.07) is 11.7. The number of hydrogen-bond acceptors (Lipinski definition) is 6. The SMILES string of the molecule is O=c1c(OC2CCCC2)c(N2CCN(S(=O)(=O)c3ccc(F)cc3)CC2)cnn1-c1cccc(Cl)c1. The van der Waals surface area contributed by atoms with Crippen molar-refractivity contribution < 1.29 is 17.5 Å². The Morgan fingerprint density at radius 2 is 1.69 bits per heavy atom. The highest BCUT2D eigenvalue weighted by molar-refractivity contribution is 7.89. The molecular formula is C25H26ClFN4O4S. The van der Waals surface area contributed by atoms with Crippen molar-refractivity contribution in [1.29, 1.82) is 0 Å². The van der Waals surface area contributed by atoms with E-state index in [2.05, 4.69) is 5.10 Å². The predicted octanol–water partition coefficient (Wildman–Crippen LogP) is 3.86. The van der Waals surface area contributed by atoms with Gasteiger partial charge >= 0.3 is 5.56 Å². The fraction of sp³-hybridized carbons (Fsp3) is 0.360. The summed E-state index contributed by atoms with van der Waals surface area (Å²) >= 11 is 6.12. The molecule has 1 aromatic heterocycles. The summed E-state index contributed by atoms with van der Waals surface area (Å²) in [6.45, 7) is 1.12. The van der Waals surface area contributed by atoms with Gasteiger partial charge in [-0.2, -0.15) is 14.1 Å². The van der Waals surface area contributed by atoms with E-state index in [1.807, 2.05) is 4.90 Å². The van der Waals surface area contributed by atoms with Crippen LogP contribution in [-0.2, 0) is 10.0 Å². The average Bonchev–Trinajstić information content (AvgIpc) is 3.39. The monoisotopic (exact) mass is 532 g/mol. The highest BCUT2D eigenvalue weighted by atomic mass is 35.5. The molecule has 0 N–H and O–H groups in total. The van der Waals surface area contributed by atoms with Crippen molar-refractivity contribution in [2.75, 3.05) is 31.1 Å². The molecule has 11 heteroatoms. The molecule has 2 aromatic carbocycles. The Morgan fingerprint density at radius 3 is 2.36 bits per heavy atom. The van der Waals surface area contributed by atoms with Gasteiger partial charge < -0.3 is 9.64 Å². The van der Waals surface area contributed by atoms with Crippen LogP contribution in [0.15, 0.2) is 64.4 Å².